The van der Waals surface area contributed by atoms with Crippen LogP contribution >= 0.6 is 0 Å². The van der Waals surface area contributed by atoms with Crippen molar-refractivity contribution >= 4 is 17.9 Å². The van der Waals surface area contributed by atoms with Crippen molar-refractivity contribution in [3.05, 3.63) is 34.9 Å². The molecule has 0 spiro atoms. The van der Waals surface area contributed by atoms with Gasteiger partial charge in [-0.15, -0.1) is 0 Å². The van der Waals surface area contributed by atoms with E-state index in [-0.39, 0.29) is 18.4 Å². The van der Waals surface area contributed by atoms with Crippen LogP contribution in [-0.2, 0) is 20.9 Å². The Morgan fingerprint density at radius 3 is 2.40 bits per heavy atom. The normalized spacial score (nSPS) is 15.8. The molecule has 0 saturated carbocycles. The molecule has 1 aromatic rings. The first-order valence-electron chi connectivity index (χ1n) is 8.28. The number of rotatable bonds is 4. The van der Waals surface area contributed by atoms with E-state index in [1.54, 1.807) is 11.8 Å². The van der Waals surface area contributed by atoms with Gasteiger partial charge in [0.05, 0.1) is 13.7 Å². The van der Waals surface area contributed by atoms with Crippen molar-refractivity contribution in [2.45, 2.75) is 33.4 Å². The minimum absolute atomic E-state index is 0.0246. The summed E-state index contributed by atoms with van der Waals surface area (Å²) in [7, 11) is 1.24. The lowest BCUT2D eigenvalue weighted by Crippen LogP contribution is -2.56. The largest absolute Gasteiger partial charge is 0.453 e. The van der Waals surface area contributed by atoms with Crippen molar-refractivity contribution in [1.29, 1.82) is 0 Å². The zero-order chi connectivity index (χ0) is 18.6. The van der Waals surface area contributed by atoms with Crippen LogP contribution in [-0.4, -0.2) is 60.5 Å². The van der Waals surface area contributed by atoms with Crippen LogP contribution in [0, 0.1) is 13.8 Å². The standard InChI is InChI=1S/C18H25N3O4/c1-12-7-13(2)9-15(8-12)10-20-5-6-21(11-16(20)22)17(23)14(3)19-18(24)25-4/h7-9,14H,5-6,10-11H2,1-4H3,(H,19,24)/t14-/m1/s1. The molecule has 1 saturated heterocycles. The van der Waals surface area contributed by atoms with Crippen molar-refractivity contribution in [2.24, 2.45) is 0 Å². The SMILES string of the molecule is COC(=O)N[C@H](C)C(=O)N1CCN(Cc2cc(C)cc(C)c2)C(=O)C1. The Kier molecular flexibility index (Phi) is 6.01. The summed E-state index contributed by atoms with van der Waals surface area (Å²) in [6.45, 7) is 7.13. The number of benzene rings is 1. The Balaban J connectivity index is 1.94. The van der Waals surface area contributed by atoms with Gasteiger partial charge in [-0.05, 0) is 26.3 Å². The van der Waals surface area contributed by atoms with Gasteiger partial charge in [-0.3, -0.25) is 9.59 Å². The van der Waals surface area contributed by atoms with Gasteiger partial charge >= 0.3 is 6.09 Å². The van der Waals surface area contributed by atoms with Gasteiger partial charge in [-0.1, -0.05) is 29.3 Å². The molecule has 7 heteroatoms. The summed E-state index contributed by atoms with van der Waals surface area (Å²) in [5.41, 5.74) is 3.42. The van der Waals surface area contributed by atoms with Crippen molar-refractivity contribution in [1.82, 2.24) is 15.1 Å². The first kappa shape index (κ1) is 18.8. The van der Waals surface area contributed by atoms with Crippen LogP contribution in [0.5, 0.6) is 0 Å². The summed E-state index contributed by atoms with van der Waals surface area (Å²) < 4.78 is 4.49. The zero-order valence-electron chi connectivity index (χ0n) is 15.2. The first-order valence-corrected chi connectivity index (χ1v) is 8.28. The van der Waals surface area contributed by atoms with Gasteiger partial charge in [-0.2, -0.15) is 0 Å². The monoisotopic (exact) mass is 347 g/mol. The number of amides is 3. The number of carbonyl (C=O) groups is 3. The number of piperazine rings is 1. The fourth-order valence-corrected chi connectivity index (χ4v) is 3.02. The molecule has 1 aromatic carbocycles. The van der Waals surface area contributed by atoms with Gasteiger partial charge in [0.15, 0.2) is 0 Å². The molecule has 0 aliphatic carbocycles. The molecule has 0 radical (unpaired) electrons. The van der Waals surface area contributed by atoms with Gasteiger partial charge in [0.2, 0.25) is 11.8 Å². The number of nitrogens with one attached hydrogen (secondary N) is 1. The van der Waals surface area contributed by atoms with Crippen molar-refractivity contribution in [3.63, 3.8) is 0 Å². The summed E-state index contributed by atoms with van der Waals surface area (Å²) >= 11 is 0. The van der Waals surface area contributed by atoms with Crippen LogP contribution < -0.4 is 5.32 Å². The number of carbonyl (C=O) groups excluding carboxylic acids is 3. The first-order chi connectivity index (χ1) is 11.8. The molecule has 3 amide bonds. The third-order valence-corrected chi connectivity index (χ3v) is 4.18. The molecule has 0 unspecified atom stereocenters. The molecule has 1 aliphatic rings. The van der Waals surface area contributed by atoms with Crippen LogP contribution in [0.2, 0.25) is 0 Å². The second kappa shape index (κ2) is 8.00. The lowest BCUT2D eigenvalue weighted by Gasteiger charge is -2.35. The Bertz CT molecular complexity index is 654. The zero-order valence-corrected chi connectivity index (χ0v) is 15.2. The van der Waals surface area contributed by atoms with Crippen molar-refractivity contribution in [3.8, 4) is 0 Å². The second-order valence-electron chi connectivity index (χ2n) is 6.43. The van der Waals surface area contributed by atoms with E-state index in [0.29, 0.717) is 19.6 Å². The minimum Gasteiger partial charge on any atom is -0.453 e. The van der Waals surface area contributed by atoms with Gasteiger partial charge in [0.25, 0.3) is 0 Å². The molecule has 136 valence electrons. The highest BCUT2D eigenvalue weighted by atomic mass is 16.5. The summed E-state index contributed by atoms with van der Waals surface area (Å²) in [5.74, 6) is -0.381. The highest BCUT2D eigenvalue weighted by Gasteiger charge is 2.30. The number of aryl methyl sites for hydroxylation is 2. The number of ether oxygens (including phenoxy) is 1. The molecular weight excluding hydrogens is 322 g/mol. The predicted molar refractivity (Wildman–Crippen MR) is 92.9 cm³/mol. The van der Waals surface area contributed by atoms with E-state index in [0.717, 1.165) is 5.56 Å². The third kappa shape index (κ3) is 4.95. The van der Waals surface area contributed by atoms with Gasteiger partial charge in [-0.25, -0.2) is 4.79 Å². The molecule has 7 nitrogen and oxygen atoms in total. The molecule has 0 aromatic heterocycles. The molecule has 1 fully saturated rings. The predicted octanol–water partition coefficient (Wildman–Crippen LogP) is 1.22. The lowest BCUT2D eigenvalue weighted by molar-refractivity contribution is -0.146. The second-order valence-corrected chi connectivity index (χ2v) is 6.43. The molecular formula is C18H25N3O4. The maximum Gasteiger partial charge on any atom is 0.407 e. The molecule has 1 N–H and O–H groups in total. The van der Waals surface area contributed by atoms with E-state index >= 15 is 0 Å². The highest BCUT2D eigenvalue weighted by Crippen LogP contribution is 2.14. The summed E-state index contributed by atoms with van der Waals surface area (Å²) in [6, 6.07) is 5.50. The summed E-state index contributed by atoms with van der Waals surface area (Å²) in [6.07, 6.45) is -0.666. The molecule has 0 bridgehead atoms. The fourth-order valence-electron chi connectivity index (χ4n) is 3.02. The van der Waals surface area contributed by atoms with Gasteiger partial charge in [0.1, 0.15) is 6.04 Å². The van der Waals surface area contributed by atoms with E-state index in [9.17, 15) is 14.4 Å². The number of nitrogens with zero attached hydrogens (tertiary/aromatic N) is 2. The maximum atomic E-state index is 12.4. The van der Waals surface area contributed by atoms with E-state index in [1.807, 2.05) is 13.8 Å². The Labute approximate surface area is 147 Å². The number of methoxy groups -OCH3 is 1. The molecule has 1 heterocycles. The van der Waals surface area contributed by atoms with Crippen LogP contribution in [0.4, 0.5) is 4.79 Å². The minimum atomic E-state index is -0.730. The lowest BCUT2D eigenvalue weighted by atomic mass is 10.1. The number of hydrogen-bond acceptors (Lipinski definition) is 4. The van der Waals surface area contributed by atoms with Crippen molar-refractivity contribution < 1.29 is 19.1 Å². The van der Waals surface area contributed by atoms with Gasteiger partial charge in [0, 0.05) is 19.6 Å². The van der Waals surface area contributed by atoms with Crippen LogP contribution in [0.15, 0.2) is 18.2 Å². The summed E-state index contributed by atoms with van der Waals surface area (Å²) in [4.78, 5) is 39.2. The molecule has 2 rings (SSSR count). The van der Waals surface area contributed by atoms with E-state index in [4.69, 9.17) is 0 Å². The van der Waals surface area contributed by atoms with Crippen LogP contribution in [0.1, 0.15) is 23.6 Å². The Morgan fingerprint density at radius 2 is 1.84 bits per heavy atom. The quantitative estimate of drug-likeness (QED) is 0.888. The summed E-state index contributed by atoms with van der Waals surface area (Å²) in [5, 5.41) is 2.43. The molecule has 25 heavy (non-hydrogen) atoms. The molecule has 1 atom stereocenters. The van der Waals surface area contributed by atoms with Crippen LogP contribution in [0.25, 0.3) is 0 Å². The number of alkyl carbamates (subject to hydrolysis) is 1. The van der Waals surface area contributed by atoms with E-state index in [1.165, 1.54) is 23.1 Å². The smallest absolute Gasteiger partial charge is 0.407 e. The van der Waals surface area contributed by atoms with Crippen molar-refractivity contribution in [2.75, 3.05) is 26.7 Å². The number of hydrogen-bond donors (Lipinski definition) is 1. The fraction of sp³-hybridized carbons (Fsp3) is 0.500. The average Bonchev–Trinajstić information content (AvgIpc) is 2.54. The molecule has 1 aliphatic heterocycles. The van der Waals surface area contributed by atoms with E-state index in [2.05, 4.69) is 28.3 Å². The Hall–Kier alpha value is -2.57. The van der Waals surface area contributed by atoms with Crippen LogP contribution in [0.3, 0.4) is 0 Å². The topological polar surface area (TPSA) is 79.0 Å². The maximum absolute atomic E-state index is 12.4. The highest BCUT2D eigenvalue weighted by molar-refractivity contribution is 5.90. The van der Waals surface area contributed by atoms with E-state index < -0.39 is 12.1 Å². The Morgan fingerprint density at radius 1 is 1.20 bits per heavy atom. The average molecular weight is 347 g/mol. The third-order valence-electron chi connectivity index (χ3n) is 4.18. The van der Waals surface area contributed by atoms with Gasteiger partial charge < -0.3 is 19.9 Å².